The first-order valence-electron chi connectivity index (χ1n) is 7.55. The molecule has 1 saturated heterocycles. The van der Waals surface area contributed by atoms with Gasteiger partial charge in [0.1, 0.15) is 0 Å². The molecule has 0 bridgehead atoms. The molecule has 0 spiro atoms. The zero-order valence-corrected chi connectivity index (χ0v) is 13.3. The van der Waals surface area contributed by atoms with Crippen molar-refractivity contribution >= 4 is 23.8 Å². The highest BCUT2D eigenvalue weighted by Crippen LogP contribution is 2.15. The molecule has 1 aromatic carbocycles. The molecule has 1 aliphatic rings. The highest BCUT2D eigenvalue weighted by Gasteiger charge is 2.21. The SMILES string of the molecule is C[C@@H](OC(=O)c1ccc(CN2CCCC2=O)cc1)C(=O)NC(N)=O. The van der Waals surface area contributed by atoms with Gasteiger partial charge in [-0.15, -0.1) is 0 Å². The summed E-state index contributed by atoms with van der Waals surface area (Å²) in [5, 5.41) is 1.84. The summed E-state index contributed by atoms with van der Waals surface area (Å²) in [5.41, 5.74) is 6.00. The number of urea groups is 1. The van der Waals surface area contributed by atoms with E-state index in [0.29, 0.717) is 13.0 Å². The molecular formula is C16H19N3O5. The van der Waals surface area contributed by atoms with Crippen LogP contribution in [-0.4, -0.2) is 41.4 Å². The number of esters is 1. The molecule has 8 nitrogen and oxygen atoms in total. The van der Waals surface area contributed by atoms with Crippen molar-refractivity contribution in [2.75, 3.05) is 6.54 Å². The summed E-state index contributed by atoms with van der Waals surface area (Å²) in [6.07, 6.45) is 0.302. The highest BCUT2D eigenvalue weighted by atomic mass is 16.5. The quantitative estimate of drug-likeness (QED) is 0.763. The van der Waals surface area contributed by atoms with Gasteiger partial charge in [-0.3, -0.25) is 14.9 Å². The minimum absolute atomic E-state index is 0.132. The molecule has 1 atom stereocenters. The molecule has 1 fully saturated rings. The Bertz CT molecular complexity index is 656. The number of ether oxygens (including phenoxy) is 1. The zero-order valence-electron chi connectivity index (χ0n) is 13.3. The number of primary amides is 1. The van der Waals surface area contributed by atoms with E-state index in [9.17, 15) is 19.2 Å². The van der Waals surface area contributed by atoms with Crippen molar-refractivity contribution in [3.8, 4) is 0 Å². The molecule has 3 N–H and O–H groups in total. The lowest BCUT2D eigenvalue weighted by molar-refractivity contribution is -0.128. The fourth-order valence-electron chi connectivity index (χ4n) is 2.34. The first-order valence-corrected chi connectivity index (χ1v) is 7.55. The van der Waals surface area contributed by atoms with Crippen molar-refractivity contribution in [3.05, 3.63) is 35.4 Å². The maximum atomic E-state index is 12.0. The average molecular weight is 333 g/mol. The summed E-state index contributed by atoms with van der Waals surface area (Å²) in [5.74, 6) is -1.35. The van der Waals surface area contributed by atoms with Crippen LogP contribution < -0.4 is 11.1 Å². The van der Waals surface area contributed by atoms with Crippen LogP contribution in [0.15, 0.2) is 24.3 Å². The summed E-state index contributed by atoms with van der Waals surface area (Å²) in [4.78, 5) is 47.4. The van der Waals surface area contributed by atoms with Gasteiger partial charge in [0.05, 0.1) is 5.56 Å². The smallest absolute Gasteiger partial charge is 0.338 e. The minimum Gasteiger partial charge on any atom is -0.449 e. The van der Waals surface area contributed by atoms with Crippen molar-refractivity contribution in [1.82, 2.24) is 10.2 Å². The molecule has 0 radical (unpaired) electrons. The molecule has 0 unspecified atom stereocenters. The van der Waals surface area contributed by atoms with Gasteiger partial charge in [0.2, 0.25) is 5.91 Å². The predicted molar refractivity (Wildman–Crippen MR) is 83.7 cm³/mol. The van der Waals surface area contributed by atoms with Crippen LogP contribution in [0.3, 0.4) is 0 Å². The average Bonchev–Trinajstić information content (AvgIpc) is 2.92. The molecule has 8 heteroatoms. The summed E-state index contributed by atoms with van der Waals surface area (Å²) in [6.45, 7) is 2.59. The number of likely N-dealkylation sites (tertiary alicyclic amines) is 1. The van der Waals surface area contributed by atoms with Crippen LogP contribution in [0.4, 0.5) is 4.79 Å². The number of amides is 4. The molecule has 1 aromatic rings. The second-order valence-electron chi connectivity index (χ2n) is 5.52. The summed E-state index contributed by atoms with van der Waals surface area (Å²) < 4.78 is 4.97. The topological polar surface area (TPSA) is 119 Å². The Labute approximate surface area is 138 Å². The van der Waals surface area contributed by atoms with Gasteiger partial charge < -0.3 is 15.4 Å². The number of carbonyl (C=O) groups is 4. The van der Waals surface area contributed by atoms with Crippen molar-refractivity contribution in [1.29, 1.82) is 0 Å². The maximum absolute atomic E-state index is 12.0. The largest absolute Gasteiger partial charge is 0.449 e. The Hall–Kier alpha value is -2.90. The molecule has 0 aliphatic carbocycles. The van der Waals surface area contributed by atoms with E-state index in [-0.39, 0.29) is 11.5 Å². The maximum Gasteiger partial charge on any atom is 0.338 e. The van der Waals surface area contributed by atoms with Gasteiger partial charge in [-0.2, -0.15) is 0 Å². The number of imide groups is 1. The Kier molecular flexibility index (Phi) is 5.51. The van der Waals surface area contributed by atoms with Gasteiger partial charge in [-0.25, -0.2) is 9.59 Å². The molecule has 1 aliphatic heterocycles. The van der Waals surface area contributed by atoms with Gasteiger partial charge in [0.15, 0.2) is 6.10 Å². The van der Waals surface area contributed by atoms with E-state index in [0.717, 1.165) is 18.5 Å². The lowest BCUT2D eigenvalue weighted by Crippen LogP contribution is -2.42. The second-order valence-corrected chi connectivity index (χ2v) is 5.52. The zero-order chi connectivity index (χ0) is 17.7. The Morgan fingerprint density at radius 3 is 2.50 bits per heavy atom. The van der Waals surface area contributed by atoms with E-state index >= 15 is 0 Å². The summed E-state index contributed by atoms with van der Waals surface area (Å²) in [6, 6.07) is 5.59. The number of hydrogen-bond acceptors (Lipinski definition) is 5. The number of nitrogens with one attached hydrogen (secondary N) is 1. The van der Waals surface area contributed by atoms with Crippen molar-refractivity contribution in [2.24, 2.45) is 5.73 Å². The standard InChI is InChI=1S/C16H19N3O5/c1-10(14(21)18-16(17)23)24-15(22)12-6-4-11(5-7-12)9-19-8-2-3-13(19)20/h4-7,10H,2-3,8-9H2,1H3,(H3,17,18,21,23)/t10-/m1/s1. The van der Waals surface area contributed by atoms with Crippen LogP contribution in [0, 0.1) is 0 Å². The number of hydrogen-bond donors (Lipinski definition) is 2. The fourth-order valence-corrected chi connectivity index (χ4v) is 2.34. The van der Waals surface area contributed by atoms with E-state index in [1.165, 1.54) is 6.92 Å². The van der Waals surface area contributed by atoms with Crippen molar-refractivity contribution < 1.29 is 23.9 Å². The van der Waals surface area contributed by atoms with Crippen LogP contribution in [0.5, 0.6) is 0 Å². The Morgan fingerprint density at radius 2 is 1.96 bits per heavy atom. The van der Waals surface area contributed by atoms with E-state index in [4.69, 9.17) is 10.5 Å². The summed E-state index contributed by atoms with van der Waals surface area (Å²) >= 11 is 0. The Balaban J connectivity index is 1.92. The predicted octanol–water partition coefficient (Wildman–Crippen LogP) is 0.549. The second kappa shape index (κ2) is 7.58. The first-order chi connectivity index (χ1) is 11.4. The number of carbonyl (C=O) groups excluding carboxylic acids is 4. The van der Waals surface area contributed by atoms with Crippen molar-refractivity contribution in [3.63, 3.8) is 0 Å². The van der Waals surface area contributed by atoms with Crippen LogP contribution >= 0.6 is 0 Å². The molecule has 2 rings (SSSR count). The summed E-state index contributed by atoms with van der Waals surface area (Å²) in [7, 11) is 0. The molecule has 1 heterocycles. The number of nitrogens with zero attached hydrogens (tertiary/aromatic N) is 1. The number of nitrogens with two attached hydrogens (primary N) is 1. The molecule has 0 aromatic heterocycles. The van der Waals surface area contributed by atoms with Crippen LogP contribution in [0.25, 0.3) is 0 Å². The molecule has 24 heavy (non-hydrogen) atoms. The molecule has 4 amide bonds. The fraction of sp³-hybridized carbons (Fsp3) is 0.375. The molecule has 0 saturated carbocycles. The lowest BCUT2D eigenvalue weighted by atomic mass is 10.1. The van der Waals surface area contributed by atoms with Gasteiger partial charge in [-0.1, -0.05) is 12.1 Å². The molecule has 128 valence electrons. The normalized spacial score (nSPS) is 15.0. The van der Waals surface area contributed by atoms with Crippen LogP contribution in [0.2, 0.25) is 0 Å². The van der Waals surface area contributed by atoms with Gasteiger partial charge in [0.25, 0.3) is 5.91 Å². The third-order valence-electron chi connectivity index (χ3n) is 3.63. The molecular weight excluding hydrogens is 314 g/mol. The van der Waals surface area contributed by atoms with Crippen LogP contribution in [-0.2, 0) is 20.9 Å². The monoisotopic (exact) mass is 333 g/mol. The van der Waals surface area contributed by atoms with Crippen LogP contribution in [0.1, 0.15) is 35.7 Å². The third-order valence-corrected chi connectivity index (χ3v) is 3.63. The minimum atomic E-state index is -1.15. The van der Waals surface area contributed by atoms with E-state index < -0.39 is 24.0 Å². The van der Waals surface area contributed by atoms with E-state index in [1.54, 1.807) is 29.2 Å². The number of rotatable bonds is 5. The first kappa shape index (κ1) is 17.5. The third kappa shape index (κ3) is 4.55. The van der Waals surface area contributed by atoms with Gasteiger partial charge in [0, 0.05) is 19.5 Å². The lowest BCUT2D eigenvalue weighted by Gasteiger charge is -2.16. The Morgan fingerprint density at radius 1 is 1.29 bits per heavy atom. The van der Waals surface area contributed by atoms with Crippen molar-refractivity contribution in [2.45, 2.75) is 32.4 Å². The number of benzene rings is 1. The van der Waals surface area contributed by atoms with Gasteiger partial charge in [-0.05, 0) is 31.0 Å². The highest BCUT2D eigenvalue weighted by molar-refractivity contribution is 5.98. The van der Waals surface area contributed by atoms with Gasteiger partial charge >= 0.3 is 12.0 Å². The van der Waals surface area contributed by atoms with E-state index in [1.807, 2.05) is 5.32 Å². The van der Waals surface area contributed by atoms with E-state index in [2.05, 4.69) is 0 Å².